The predicted octanol–water partition coefficient (Wildman–Crippen LogP) is 2.93. The minimum absolute atomic E-state index is 0.0480. The van der Waals surface area contributed by atoms with Gasteiger partial charge in [0.25, 0.3) is 0 Å². The number of thiazole rings is 1. The molecule has 160 valence electrons. The third kappa shape index (κ3) is 4.06. The molecule has 1 atom stereocenters. The van der Waals surface area contributed by atoms with E-state index >= 15 is 0 Å². The number of fused-ring (bicyclic) bond motifs is 1. The van der Waals surface area contributed by atoms with Crippen LogP contribution in [0.15, 0.2) is 54.1 Å². The Hall–Kier alpha value is -3.53. The van der Waals surface area contributed by atoms with Gasteiger partial charge in [0, 0.05) is 16.8 Å². The first kappa shape index (κ1) is 20.7. The molecule has 0 radical (unpaired) electrons. The Labute approximate surface area is 183 Å². The van der Waals surface area contributed by atoms with E-state index in [1.807, 2.05) is 37.3 Å². The Bertz CT molecular complexity index is 1140. The van der Waals surface area contributed by atoms with Gasteiger partial charge in [-0.1, -0.05) is 30.3 Å². The fourth-order valence-electron chi connectivity index (χ4n) is 3.55. The fourth-order valence-corrected chi connectivity index (χ4v) is 4.23. The van der Waals surface area contributed by atoms with E-state index in [2.05, 4.69) is 20.4 Å². The Morgan fingerprint density at radius 1 is 1.19 bits per heavy atom. The van der Waals surface area contributed by atoms with E-state index in [1.54, 1.807) is 29.6 Å². The SMILES string of the molecule is CCOC(=O)C1=C(C)N(CC(=O)Nc2ncc(C)s2)c2ncnn2[C@H]1c1ccccc1. The quantitative estimate of drug-likeness (QED) is 0.590. The van der Waals surface area contributed by atoms with Crippen molar-refractivity contribution in [2.24, 2.45) is 0 Å². The Balaban J connectivity index is 1.73. The number of hydrogen-bond acceptors (Lipinski definition) is 8. The molecule has 1 N–H and O–H groups in total. The van der Waals surface area contributed by atoms with Gasteiger partial charge < -0.3 is 15.0 Å². The van der Waals surface area contributed by atoms with Crippen molar-refractivity contribution in [3.8, 4) is 0 Å². The number of nitrogens with one attached hydrogen (secondary N) is 1. The molecule has 10 heteroatoms. The minimum Gasteiger partial charge on any atom is -0.463 e. The zero-order valence-electron chi connectivity index (χ0n) is 17.4. The van der Waals surface area contributed by atoms with Crippen molar-refractivity contribution < 1.29 is 14.3 Å². The number of allylic oxidation sites excluding steroid dienone is 1. The highest BCUT2D eigenvalue weighted by Crippen LogP contribution is 2.38. The Morgan fingerprint density at radius 3 is 2.65 bits per heavy atom. The maximum atomic E-state index is 13.0. The Kier molecular flexibility index (Phi) is 5.81. The molecule has 9 nitrogen and oxygen atoms in total. The number of carbonyl (C=O) groups excluding carboxylic acids is 2. The number of rotatable bonds is 6. The van der Waals surface area contributed by atoms with E-state index in [0.29, 0.717) is 22.4 Å². The lowest BCUT2D eigenvalue weighted by Gasteiger charge is -2.34. The van der Waals surface area contributed by atoms with Gasteiger partial charge in [-0.2, -0.15) is 10.1 Å². The van der Waals surface area contributed by atoms with Crippen molar-refractivity contribution >= 4 is 34.3 Å². The molecule has 4 rings (SSSR count). The third-order valence-electron chi connectivity index (χ3n) is 4.89. The van der Waals surface area contributed by atoms with Crippen LogP contribution in [0, 0.1) is 6.92 Å². The monoisotopic (exact) mass is 438 g/mol. The first-order valence-electron chi connectivity index (χ1n) is 9.81. The van der Waals surface area contributed by atoms with Gasteiger partial charge in [-0.05, 0) is 26.3 Å². The van der Waals surface area contributed by atoms with Crippen molar-refractivity contribution in [2.75, 3.05) is 23.4 Å². The lowest BCUT2D eigenvalue weighted by molar-refractivity contribution is -0.139. The summed E-state index contributed by atoms with van der Waals surface area (Å²) in [6.07, 6.45) is 3.12. The molecule has 1 amide bonds. The number of nitrogens with zero attached hydrogens (tertiary/aromatic N) is 5. The van der Waals surface area contributed by atoms with Crippen LogP contribution in [0.4, 0.5) is 11.1 Å². The number of ether oxygens (including phenoxy) is 1. The second-order valence-corrected chi connectivity index (χ2v) is 8.18. The van der Waals surface area contributed by atoms with Crippen molar-refractivity contribution in [2.45, 2.75) is 26.8 Å². The number of aromatic nitrogens is 4. The summed E-state index contributed by atoms with van der Waals surface area (Å²) in [5.41, 5.74) is 1.89. The minimum atomic E-state index is -0.501. The van der Waals surface area contributed by atoms with Crippen molar-refractivity contribution in [1.29, 1.82) is 0 Å². The molecule has 0 saturated carbocycles. The van der Waals surface area contributed by atoms with Gasteiger partial charge >= 0.3 is 5.97 Å². The van der Waals surface area contributed by atoms with Crippen LogP contribution in [0.25, 0.3) is 0 Å². The maximum Gasteiger partial charge on any atom is 0.338 e. The van der Waals surface area contributed by atoms with Crippen LogP contribution in [-0.2, 0) is 14.3 Å². The van der Waals surface area contributed by atoms with Gasteiger partial charge in [0.2, 0.25) is 11.9 Å². The highest BCUT2D eigenvalue weighted by Gasteiger charge is 2.38. The second kappa shape index (κ2) is 8.68. The van der Waals surface area contributed by atoms with Crippen molar-refractivity contribution in [1.82, 2.24) is 19.7 Å². The van der Waals surface area contributed by atoms with Crippen LogP contribution in [0.5, 0.6) is 0 Å². The standard InChI is InChI=1S/C21H22N6O3S/c1-4-30-19(29)17-14(3)26(11-16(28)25-20-22-10-13(2)31-20)21-23-12-24-27(21)18(17)15-8-6-5-7-9-15/h5-10,12,18H,4,11H2,1-3H3,(H,22,25,28)/t18-/m0/s1. The van der Waals surface area contributed by atoms with E-state index in [1.165, 1.54) is 17.7 Å². The average molecular weight is 439 g/mol. The van der Waals surface area contributed by atoms with Crippen LogP contribution < -0.4 is 10.2 Å². The number of esters is 1. The summed E-state index contributed by atoms with van der Waals surface area (Å²) in [6.45, 7) is 5.67. The molecule has 1 aliphatic rings. The normalized spacial score (nSPS) is 15.6. The molecule has 1 aliphatic heterocycles. The molecule has 0 unspecified atom stereocenters. The molecule has 2 aromatic heterocycles. The summed E-state index contributed by atoms with van der Waals surface area (Å²) >= 11 is 1.39. The predicted molar refractivity (Wildman–Crippen MR) is 117 cm³/mol. The molecule has 3 aromatic rings. The third-order valence-corrected chi connectivity index (χ3v) is 5.72. The van der Waals surface area contributed by atoms with Crippen LogP contribution in [0.3, 0.4) is 0 Å². The highest BCUT2D eigenvalue weighted by molar-refractivity contribution is 7.15. The molecule has 0 fully saturated rings. The van der Waals surface area contributed by atoms with Gasteiger partial charge in [0.1, 0.15) is 18.9 Å². The van der Waals surface area contributed by atoms with Crippen LogP contribution in [0.1, 0.15) is 30.3 Å². The number of hydrogen-bond donors (Lipinski definition) is 1. The lowest BCUT2D eigenvalue weighted by atomic mass is 9.95. The average Bonchev–Trinajstić information content (AvgIpc) is 3.39. The molecule has 31 heavy (non-hydrogen) atoms. The molecule has 1 aromatic carbocycles. The van der Waals surface area contributed by atoms with E-state index in [0.717, 1.165) is 10.4 Å². The molecule has 0 saturated heterocycles. The van der Waals surface area contributed by atoms with Gasteiger partial charge in [-0.3, -0.25) is 4.79 Å². The molecular weight excluding hydrogens is 416 g/mol. The van der Waals surface area contributed by atoms with Gasteiger partial charge in [0.15, 0.2) is 5.13 Å². The molecule has 0 aliphatic carbocycles. The number of anilines is 2. The van der Waals surface area contributed by atoms with Crippen molar-refractivity contribution in [3.05, 3.63) is 64.6 Å². The largest absolute Gasteiger partial charge is 0.463 e. The van der Waals surface area contributed by atoms with Crippen molar-refractivity contribution in [3.63, 3.8) is 0 Å². The van der Waals surface area contributed by atoms with E-state index < -0.39 is 12.0 Å². The summed E-state index contributed by atoms with van der Waals surface area (Å²) < 4.78 is 7.00. The van der Waals surface area contributed by atoms with Crippen LogP contribution in [-0.4, -0.2) is 44.8 Å². The number of benzene rings is 1. The highest BCUT2D eigenvalue weighted by atomic mass is 32.1. The Morgan fingerprint density at radius 2 is 1.97 bits per heavy atom. The zero-order chi connectivity index (χ0) is 22.0. The second-order valence-electron chi connectivity index (χ2n) is 6.95. The maximum absolute atomic E-state index is 13.0. The van der Waals surface area contributed by atoms with Gasteiger partial charge in [0.05, 0.1) is 12.2 Å². The first-order valence-corrected chi connectivity index (χ1v) is 10.6. The van der Waals surface area contributed by atoms with E-state index in [9.17, 15) is 9.59 Å². The van der Waals surface area contributed by atoms with E-state index in [4.69, 9.17) is 4.74 Å². The summed E-state index contributed by atoms with van der Waals surface area (Å²) in [5.74, 6) is -0.245. The summed E-state index contributed by atoms with van der Waals surface area (Å²) in [6, 6.07) is 9.07. The summed E-state index contributed by atoms with van der Waals surface area (Å²) in [7, 11) is 0. The van der Waals surface area contributed by atoms with Crippen LogP contribution in [0.2, 0.25) is 0 Å². The summed E-state index contributed by atoms with van der Waals surface area (Å²) in [5, 5.41) is 7.69. The molecule has 0 spiro atoms. The topological polar surface area (TPSA) is 102 Å². The molecule has 0 bridgehead atoms. The number of amides is 1. The lowest BCUT2D eigenvalue weighted by Crippen LogP contribution is -2.40. The van der Waals surface area contributed by atoms with Gasteiger partial charge in [-0.15, -0.1) is 11.3 Å². The van der Waals surface area contributed by atoms with Gasteiger partial charge in [-0.25, -0.2) is 14.5 Å². The fraction of sp³-hybridized carbons (Fsp3) is 0.286. The van der Waals surface area contributed by atoms with E-state index in [-0.39, 0.29) is 19.1 Å². The molecule has 3 heterocycles. The van der Waals surface area contributed by atoms with Crippen LogP contribution >= 0.6 is 11.3 Å². The number of carbonyl (C=O) groups is 2. The smallest absolute Gasteiger partial charge is 0.338 e. The first-order chi connectivity index (χ1) is 15.0. The zero-order valence-corrected chi connectivity index (χ0v) is 18.2. The summed E-state index contributed by atoms with van der Waals surface area (Å²) in [4.78, 5) is 36.9. The molecular formula is C21H22N6O3S. The number of aryl methyl sites for hydroxylation is 1.